The van der Waals surface area contributed by atoms with Crippen LogP contribution in [0.2, 0.25) is 5.02 Å². The summed E-state index contributed by atoms with van der Waals surface area (Å²) in [6.45, 7) is 3.86. The topological polar surface area (TPSA) is 108 Å². The van der Waals surface area contributed by atoms with Gasteiger partial charge in [0.1, 0.15) is 11.6 Å². The lowest BCUT2D eigenvalue weighted by molar-refractivity contribution is -0.144. The van der Waals surface area contributed by atoms with Gasteiger partial charge < -0.3 is 25.4 Å². The Morgan fingerprint density at radius 3 is 2.54 bits per heavy atom. The zero-order chi connectivity index (χ0) is 26.4. The van der Waals surface area contributed by atoms with E-state index in [-0.39, 0.29) is 25.0 Å². The van der Waals surface area contributed by atoms with E-state index in [1.165, 1.54) is 4.90 Å². The minimum Gasteiger partial charge on any atom is -0.396 e. The van der Waals surface area contributed by atoms with E-state index in [0.29, 0.717) is 42.1 Å². The molecular weight excluding hydrogens is 494 g/mol. The molecule has 37 heavy (non-hydrogen) atoms. The number of aryl methyl sites for hydroxylation is 1. The molecule has 2 bridgehead atoms. The second kappa shape index (κ2) is 9.74. The minimum absolute atomic E-state index is 0.128. The number of hydrogen-bond acceptors (Lipinski definition) is 5. The van der Waals surface area contributed by atoms with Gasteiger partial charge >= 0.3 is 0 Å². The number of amides is 3. The number of carbonyl (C=O) groups excluding carboxylic acids is 3. The van der Waals surface area contributed by atoms with Gasteiger partial charge in [-0.3, -0.25) is 14.4 Å². The first kappa shape index (κ1) is 25.7. The second-order valence-corrected chi connectivity index (χ2v) is 10.6. The SMILES string of the molecule is CC[C@]12CCC3(O1)C(C(=O)Nc1c(C)cccc1Cl)N(CCCO)C(=O)[C@@H]3[C@H]2C(=O)Nc1ccccc1. The van der Waals surface area contributed by atoms with Crippen molar-refractivity contribution in [2.75, 3.05) is 23.8 Å². The van der Waals surface area contributed by atoms with Crippen LogP contribution < -0.4 is 10.6 Å². The number of nitrogens with zero attached hydrogens (tertiary/aromatic N) is 1. The van der Waals surface area contributed by atoms with Gasteiger partial charge in [-0.1, -0.05) is 48.9 Å². The molecule has 196 valence electrons. The molecule has 9 heteroatoms. The van der Waals surface area contributed by atoms with Crippen LogP contribution in [0.3, 0.4) is 0 Å². The molecule has 5 rings (SSSR count). The van der Waals surface area contributed by atoms with Gasteiger partial charge in [0.15, 0.2) is 0 Å². The number of likely N-dealkylation sites (tertiary alicyclic amines) is 1. The number of rotatable bonds is 8. The van der Waals surface area contributed by atoms with Crippen LogP contribution in [0, 0.1) is 18.8 Å². The number of aliphatic hydroxyl groups is 1. The first-order valence-corrected chi connectivity index (χ1v) is 13.2. The van der Waals surface area contributed by atoms with Crippen LogP contribution in [0.15, 0.2) is 48.5 Å². The number of anilines is 2. The summed E-state index contributed by atoms with van der Waals surface area (Å²) in [4.78, 5) is 43.1. The molecule has 2 aromatic rings. The van der Waals surface area contributed by atoms with Crippen molar-refractivity contribution in [1.82, 2.24) is 4.90 Å². The molecule has 3 N–H and O–H groups in total. The predicted octanol–water partition coefficient (Wildman–Crippen LogP) is 3.76. The van der Waals surface area contributed by atoms with Crippen molar-refractivity contribution in [3.8, 4) is 0 Å². The maximum atomic E-state index is 14.0. The molecule has 8 nitrogen and oxygen atoms in total. The Kier molecular flexibility index (Phi) is 6.77. The lowest BCUT2D eigenvalue weighted by atomic mass is 9.65. The highest BCUT2D eigenvalue weighted by Gasteiger charge is 2.78. The average Bonchev–Trinajstić information content (AvgIpc) is 3.49. The first-order valence-electron chi connectivity index (χ1n) is 12.8. The van der Waals surface area contributed by atoms with E-state index in [9.17, 15) is 19.5 Å². The minimum atomic E-state index is -1.14. The van der Waals surface area contributed by atoms with Crippen LogP contribution in [0.4, 0.5) is 11.4 Å². The number of halogens is 1. The lowest BCUT2D eigenvalue weighted by Gasteiger charge is -2.34. The van der Waals surface area contributed by atoms with Gasteiger partial charge in [0, 0.05) is 18.8 Å². The highest BCUT2D eigenvalue weighted by Crippen LogP contribution is 2.64. The number of aliphatic hydroxyl groups excluding tert-OH is 1. The molecule has 0 radical (unpaired) electrons. The summed E-state index contributed by atoms with van der Waals surface area (Å²) in [5.74, 6) is -2.51. The summed E-state index contributed by atoms with van der Waals surface area (Å²) in [5, 5.41) is 15.8. The van der Waals surface area contributed by atoms with Gasteiger partial charge in [-0.15, -0.1) is 0 Å². The van der Waals surface area contributed by atoms with Gasteiger partial charge in [-0.05, 0) is 56.4 Å². The Hall–Kier alpha value is -2.94. The van der Waals surface area contributed by atoms with Crippen molar-refractivity contribution in [2.24, 2.45) is 11.8 Å². The van der Waals surface area contributed by atoms with Crippen molar-refractivity contribution in [3.05, 3.63) is 59.1 Å². The smallest absolute Gasteiger partial charge is 0.250 e. The maximum Gasteiger partial charge on any atom is 0.250 e. The molecular formula is C28H32ClN3O5. The summed E-state index contributed by atoms with van der Waals surface area (Å²) in [6, 6.07) is 13.5. The monoisotopic (exact) mass is 525 g/mol. The van der Waals surface area contributed by atoms with E-state index in [1.807, 2.05) is 38.1 Å². The van der Waals surface area contributed by atoms with Crippen molar-refractivity contribution < 1.29 is 24.2 Å². The molecule has 3 heterocycles. The Labute approximate surface area is 221 Å². The van der Waals surface area contributed by atoms with Crippen LogP contribution in [0.1, 0.15) is 38.2 Å². The van der Waals surface area contributed by atoms with Crippen molar-refractivity contribution in [2.45, 2.75) is 56.8 Å². The van der Waals surface area contributed by atoms with E-state index >= 15 is 0 Å². The first-order chi connectivity index (χ1) is 17.8. The van der Waals surface area contributed by atoms with E-state index in [4.69, 9.17) is 16.3 Å². The van der Waals surface area contributed by atoms with E-state index in [0.717, 1.165) is 5.56 Å². The van der Waals surface area contributed by atoms with E-state index in [2.05, 4.69) is 10.6 Å². The molecule has 0 aromatic heterocycles. The molecule has 3 aliphatic rings. The van der Waals surface area contributed by atoms with Gasteiger partial charge in [0.05, 0.1) is 28.1 Å². The van der Waals surface area contributed by atoms with Crippen LogP contribution in [-0.2, 0) is 19.1 Å². The summed E-state index contributed by atoms with van der Waals surface area (Å²) in [5.41, 5.74) is -0.0500. The number of ether oxygens (including phenoxy) is 1. The Morgan fingerprint density at radius 2 is 1.86 bits per heavy atom. The Bertz CT molecular complexity index is 1200. The summed E-state index contributed by atoms with van der Waals surface area (Å²) in [7, 11) is 0. The van der Waals surface area contributed by atoms with Crippen molar-refractivity contribution in [3.63, 3.8) is 0 Å². The molecule has 3 fully saturated rings. The molecule has 0 aliphatic carbocycles. The molecule has 3 amide bonds. The predicted molar refractivity (Wildman–Crippen MR) is 140 cm³/mol. The third-order valence-corrected chi connectivity index (χ3v) is 8.60. The van der Waals surface area contributed by atoms with Gasteiger partial charge in [0.2, 0.25) is 17.7 Å². The second-order valence-electron chi connectivity index (χ2n) is 10.2. The van der Waals surface area contributed by atoms with Gasteiger partial charge in [-0.25, -0.2) is 0 Å². The molecule has 5 atom stereocenters. The van der Waals surface area contributed by atoms with Gasteiger partial charge in [-0.2, -0.15) is 0 Å². The number of hydrogen-bond donors (Lipinski definition) is 3. The Balaban J connectivity index is 1.53. The lowest BCUT2D eigenvalue weighted by Crippen LogP contribution is -2.53. The van der Waals surface area contributed by atoms with E-state index in [1.54, 1.807) is 24.3 Å². The van der Waals surface area contributed by atoms with Crippen LogP contribution in [-0.4, -0.2) is 58.1 Å². The molecule has 0 saturated carbocycles. The summed E-state index contributed by atoms with van der Waals surface area (Å²) in [6.07, 6.45) is 1.91. The fourth-order valence-corrected chi connectivity index (χ4v) is 6.89. The summed E-state index contributed by atoms with van der Waals surface area (Å²) >= 11 is 6.39. The van der Waals surface area contributed by atoms with Crippen LogP contribution in [0.5, 0.6) is 0 Å². The molecule has 3 aliphatic heterocycles. The average molecular weight is 526 g/mol. The third-order valence-electron chi connectivity index (χ3n) is 8.28. The molecule has 1 spiro atoms. The van der Waals surface area contributed by atoms with Crippen LogP contribution in [0.25, 0.3) is 0 Å². The number of carbonyl (C=O) groups is 3. The van der Waals surface area contributed by atoms with Crippen molar-refractivity contribution >= 4 is 40.7 Å². The van der Waals surface area contributed by atoms with Crippen molar-refractivity contribution in [1.29, 1.82) is 0 Å². The third kappa shape index (κ3) is 4.02. The highest BCUT2D eigenvalue weighted by atomic mass is 35.5. The highest BCUT2D eigenvalue weighted by molar-refractivity contribution is 6.34. The fourth-order valence-electron chi connectivity index (χ4n) is 6.62. The molecule has 2 aromatic carbocycles. The molecule has 2 unspecified atom stereocenters. The number of fused-ring (bicyclic) bond motifs is 1. The zero-order valence-corrected chi connectivity index (χ0v) is 21.8. The zero-order valence-electron chi connectivity index (χ0n) is 21.0. The standard InChI is InChI=1S/C28H32ClN3O5/c1-3-27-13-14-28(37-27)21(20(27)24(34)30-18-10-5-4-6-11-18)26(36)32(15-8-16-33)23(28)25(35)31-22-17(2)9-7-12-19(22)29/h4-7,9-12,20-21,23,33H,3,8,13-16H2,1-2H3,(H,30,34)(H,31,35)/t20-,21-,23?,27+,28?/m0/s1. The normalized spacial score (nSPS) is 29.9. The Morgan fingerprint density at radius 1 is 1.11 bits per heavy atom. The number of para-hydroxylation sites is 2. The van der Waals surface area contributed by atoms with Gasteiger partial charge in [0.25, 0.3) is 0 Å². The largest absolute Gasteiger partial charge is 0.396 e. The quantitative estimate of drug-likeness (QED) is 0.486. The number of benzene rings is 2. The number of nitrogens with one attached hydrogen (secondary N) is 2. The summed E-state index contributed by atoms with van der Waals surface area (Å²) < 4.78 is 6.73. The maximum absolute atomic E-state index is 14.0. The van der Waals surface area contributed by atoms with E-state index < -0.39 is 35.0 Å². The van der Waals surface area contributed by atoms with Crippen LogP contribution >= 0.6 is 11.6 Å². The fraction of sp³-hybridized carbons (Fsp3) is 0.464. The molecule has 3 saturated heterocycles.